The highest BCUT2D eigenvalue weighted by atomic mass is 32.2. The molecule has 3 heterocycles. The van der Waals surface area contributed by atoms with Crippen LogP contribution in [0.4, 0.5) is 21.9 Å². The second kappa shape index (κ2) is 21.2. The number of benzene rings is 3. The first-order valence-corrected chi connectivity index (χ1v) is 24.8. The van der Waals surface area contributed by atoms with Gasteiger partial charge in [-0.25, -0.2) is 13.2 Å². The third kappa shape index (κ3) is 11.1. The summed E-state index contributed by atoms with van der Waals surface area (Å²) in [4.78, 5) is 78.8. The molecule has 0 spiro atoms. The number of Topliss-reactive ketones (excluding diaryl/α,β-unsaturated/α-hetero) is 1. The number of nitrogens with zero attached hydrogens (tertiary/aromatic N) is 4. The van der Waals surface area contributed by atoms with Gasteiger partial charge in [0, 0.05) is 65.8 Å². The second-order valence-corrected chi connectivity index (χ2v) is 20.1. The summed E-state index contributed by atoms with van der Waals surface area (Å²) in [5.74, 6) is -3.46. The van der Waals surface area contributed by atoms with Gasteiger partial charge in [-0.05, 0) is 44.5 Å². The van der Waals surface area contributed by atoms with Crippen molar-refractivity contribution in [2.24, 2.45) is 0 Å². The van der Waals surface area contributed by atoms with E-state index >= 15 is 0 Å². The fourth-order valence-electron chi connectivity index (χ4n) is 9.42. The average molecular weight is 1020 g/mol. The maximum absolute atomic E-state index is 14.4. The number of allylic oxidation sites excluding steroid dienone is 5. The highest BCUT2D eigenvalue weighted by Gasteiger charge is 2.47. The standard InChI is InChI=1S/C51H57N7O14S/c1-30(72-49(63)53-19-22-70-24-21-57-44(59)17-18-45(57)60)31-25-40(69-8)41(28-39(31)58(64)65)71-23-20-52-48(62)36(29-73(66,67)68)54-46-32(26-42-50(2,3)34-13-9-11-15-37(34)55(42)6)47(61)33(46)27-43-51(4,5)35-14-10-12-16-38(35)56(43)7/h9-18,25-28,30,36H,19-24,29H2,1-8H3,(H3-,52,53,54,61,62,63,66,67,68). The Labute approximate surface area is 422 Å². The van der Waals surface area contributed by atoms with Crippen LogP contribution in [0, 0.1) is 10.1 Å². The summed E-state index contributed by atoms with van der Waals surface area (Å²) >= 11 is 0. The van der Waals surface area contributed by atoms with Crippen LogP contribution in [0.2, 0.25) is 0 Å². The maximum atomic E-state index is 14.4. The molecule has 2 atom stereocenters. The van der Waals surface area contributed by atoms with Crippen LogP contribution in [0.25, 0.3) is 0 Å². The normalized spacial score (nSPS) is 18.5. The molecule has 4 aliphatic rings. The lowest BCUT2D eigenvalue weighted by molar-refractivity contribution is -0.401. The number of nitro benzene ring substituents is 1. The average Bonchev–Trinajstić information content (AvgIpc) is 3.84. The molecule has 0 fully saturated rings. The van der Waals surface area contributed by atoms with Crippen molar-refractivity contribution in [1.82, 2.24) is 20.9 Å². The largest absolute Gasteiger partial charge is 0.748 e. The molecule has 3 aliphatic heterocycles. The minimum absolute atomic E-state index is 0.0112. The van der Waals surface area contributed by atoms with Crippen LogP contribution >= 0.6 is 0 Å². The zero-order valence-electron chi connectivity index (χ0n) is 41.6. The molecule has 3 aromatic carbocycles. The summed E-state index contributed by atoms with van der Waals surface area (Å²) in [6.45, 7) is 8.95. The number of amides is 4. The van der Waals surface area contributed by atoms with E-state index in [2.05, 4.69) is 16.0 Å². The predicted octanol–water partition coefficient (Wildman–Crippen LogP) is 4.11. The number of imide groups is 1. The Morgan fingerprint density at radius 2 is 1.55 bits per heavy atom. The lowest BCUT2D eigenvalue weighted by Gasteiger charge is -2.32. The number of hydrogen-bond acceptors (Lipinski definition) is 16. The topological polar surface area (TPSA) is 268 Å². The van der Waals surface area contributed by atoms with Gasteiger partial charge in [-0.2, -0.15) is 4.58 Å². The molecule has 0 saturated carbocycles. The van der Waals surface area contributed by atoms with Crippen LogP contribution < -0.4 is 30.3 Å². The summed E-state index contributed by atoms with van der Waals surface area (Å²) in [7, 11) is -0.0140. The maximum Gasteiger partial charge on any atom is 0.407 e. The zero-order chi connectivity index (χ0) is 53.2. The fraction of sp³-hybridized carbons (Fsp3) is 0.373. The van der Waals surface area contributed by atoms with Crippen LogP contribution in [-0.2, 0) is 49.6 Å². The molecule has 0 radical (unpaired) electrons. The van der Waals surface area contributed by atoms with Gasteiger partial charge in [0.05, 0.1) is 82.5 Å². The van der Waals surface area contributed by atoms with E-state index < -0.39 is 73.3 Å². The number of methoxy groups -OCH3 is 1. The minimum Gasteiger partial charge on any atom is -0.748 e. The SMILES string of the molecule is COc1cc(C(C)OC(=O)NCCOCCN2C(=O)C=CC2=O)c([N+](=O)[O-])cc1OCCNC(=O)C(CS(=O)(=O)[O-])NC1=C(C=C2N(C)c3ccccc3C2(C)C)C(=O)C1=CC1=[N+](C)c2ccccc2C1(C)C. The van der Waals surface area contributed by atoms with E-state index in [4.69, 9.17) is 18.9 Å². The Morgan fingerprint density at radius 3 is 2.19 bits per heavy atom. The van der Waals surface area contributed by atoms with Crippen molar-refractivity contribution in [3.8, 4) is 11.5 Å². The van der Waals surface area contributed by atoms with Crippen LogP contribution in [-0.4, -0.2) is 135 Å². The number of ether oxygens (including phenoxy) is 4. The molecule has 3 N–H and O–H groups in total. The molecule has 73 heavy (non-hydrogen) atoms. The van der Waals surface area contributed by atoms with E-state index in [1.165, 1.54) is 20.1 Å². The Balaban J connectivity index is 1.05. The number of anilines is 1. The van der Waals surface area contributed by atoms with Crippen molar-refractivity contribution in [3.63, 3.8) is 0 Å². The number of ketones is 1. The molecule has 2 unspecified atom stereocenters. The third-order valence-corrected chi connectivity index (χ3v) is 14.0. The Hall–Kier alpha value is -7.69. The second-order valence-electron chi connectivity index (χ2n) is 18.6. The number of para-hydroxylation sites is 2. The summed E-state index contributed by atoms with van der Waals surface area (Å²) in [5.41, 5.74) is 4.34. The van der Waals surface area contributed by atoms with E-state index in [0.717, 1.165) is 57.0 Å². The van der Waals surface area contributed by atoms with Gasteiger partial charge in [0.2, 0.25) is 11.6 Å². The molecule has 0 bridgehead atoms. The van der Waals surface area contributed by atoms with Crippen molar-refractivity contribution in [2.75, 3.05) is 71.3 Å². The predicted molar refractivity (Wildman–Crippen MR) is 266 cm³/mol. The smallest absolute Gasteiger partial charge is 0.407 e. The molecule has 3 aromatic rings. The first-order chi connectivity index (χ1) is 34.5. The van der Waals surface area contributed by atoms with Crippen molar-refractivity contribution < 1.29 is 65.4 Å². The van der Waals surface area contributed by atoms with Crippen LogP contribution in [0.5, 0.6) is 11.5 Å². The Kier molecular flexibility index (Phi) is 15.4. The number of carbonyl (C=O) groups is 5. The molecule has 21 nitrogen and oxygen atoms in total. The number of hydrogen-bond donors (Lipinski definition) is 3. The Morgan fingerprint density at radius 1 is 0.890 bits per heavy atom. The van der Waals surface area contributed by atoms with E-state index in [0.29, 0.717) is 0 Å². The lowest BCUT2D eigenvalue weighted by Crippen LogP contribution is -2.51. The van der Waals surface area contributed by atoms with E-state index in [-0.39, 0.29) is 79.1 Å². The first kappa shape index (κ1) is 53.1. The highest BCUT2D eigenvalue weighted by Crippen LogP contribution is 2.48. The number of carbonyl (C=O) groups excluding carboxylic acids is 5. The van der Waals surface area contributed by atoms with Crippen LogP contribution in [0.3, 0.4) is 0 Å². The van der Waals surface area contributed by atoms with E-state index in [1.807, 2.05) is 99.8 Å². The zero-order valence-corrected chi connectivity index (χ0v) is 42.4. The van der Waals surface area contributed by atoms with Crippen molar-refractivity contribution in [2.45, 2.75) is 57.6 Å². The van der Waals surface area contributed by atoms with Crippen LogP contribution in [0.1, 0.15) is 57.4 Å². The number of rotatable bonds is 21. The summed E-state index contributed by atoms with van der Waals surface area (Å²) < 4.78 is 61.2. The van der Waals surface area contributed by atoms with Crippen molar-refractivity contribution >= 4 is 62.5 Å². The first-order valence-electron chi connectivity index (χ1n) is 23.3. The van der Waals surface area contributed by atoms with Crippen molar-refractivity contribution in [3.05, 3.63) is 134 Å². The highest BCUT2D eigenvalue weighted by molar-refractivity contribution is 7.85. The number of fused-ring (bicyclic) bond motifs is 2. The number of nitro groups is 1. The van der Waals surface area contributed by atoms with E-state index in [1.54, 1.807) is 12.2 Å². The summed E-state index contributed by atoms with van der Waals surface area (Å²) in [5, 5.41) is 20.3. The molecular weight excluding hydrogens is 967 g/mol. The van der Waals surface area contributed by atoms with Gasteiger partial charge < -0.3 is 44.4 Å². The van der Waals surface area contributed by atoms with Gasteiger partial charge in [0.1, 0.15) is 25.8 Å². The Bertz CT molecular complexity index is 3050. The van der Waals surface area contributed by atoms with Gasteiger partial charge in [-0.15, -0.1) is 0 Å². The summed E-state index contributed by atoms with van der Waals surface area (Å²) in [6.07, 6.45) is 3.68. The quantitative estimate of drug-likeness (QED) is 0.0258. The molecule has 386 valence electrons. The molecule has 1 aliphatic carbocycles. The molecule has 0 aromatic heterocycles. The van der Waals surface area contributed by atoms with Gasteiger partial charge in [-0.1, -0.05) is 50.2 Å². The fourth-order valence-corrected chi connectivity index (χ4v) is 10.1. The third-order valence-electron chi connectivity index (χ3n) is 13.2. The molecule has 4 amide bonds. The number of nitrogens with one attached hydrogen (secondary N) is 3. The van der Waals surface area contributed by atoms with E-state index in [9.17, 15) is 47.1 Å². The van der Waals surface area contributed by atoms with Crippen molar-refractivity contribution in [1.29, 1.82) is 0 Å². The number of alkyl carbamates (subject to hydrolysis) is 1. The van der Waals surface area contributed by atoms with Gasteiger partial charge in [0.25, 0.3) is 17.5 Å². The van der Waals surface area contributed by atoms with Gasteiger partial charge >= 0.3 is 6.09 Å². The molecule has 22 heteroatoms. The molecule has 0 saturated heterocycles. The molecule has 7 rings (SSSR count). The van der Waals surface area contributed by atoms with Gasteiger partial charge in [-0.3, -0.25) is 34.2 Å². The molecular formula is C51H57N7O14S. The number of likely N-dealkylation sites (N-methyl/N-ethyl adjacent to an activating group) is 1. The van der Waals surface area contributed by atoms with Gasteiger partial charge in [0.15, 0.2) is 23.0 Å². The summed E-state index contributed by atoms with van der Waals surface area (Å²) in [6, 6.07) is 16.3. The lowest BCUT2D eigenvalue weighted by atomic mass is 9.77. The minimum atomic E-state index is -5.06. The monoisotopic (exact) mass is 1020 g/mol. The van der Waals surface area contributed by atoms with Crippen LogP contribution in [0.15, 0.2) is 108 Å².